The first kappa shape index (κ1) is 21.8. The van der Waals surface area contributed by atoms with E-state index in [0.29, 0.717) is 0 Å². The van der Waals surface area contributed by atoms with Gasteiger partial charge < -0.3 is 20.1 Å². The first-order valence-corrected chi connectivity index (χ1v) is 11.7. The van der Waals surface area contributed by atoms with Gasteiger partial charge in [0.2, 0.25) is 0 Å². The van der Waals surface area contributed by atoms with Gasteiger partial charge in [-0.05, 0) is 50.4 Å². The zero-order valence-corrected chi connectivity index (χ0v) is 18.5. The maximum Gasteiger partial charge on any atom is 0.156 e. The Balaban J connectivity index is 1.31. The lowest BCUT2D eigenvalue weighted by atomic mass is 10.1. The highest BCUT2D eigenvalue weighted by atomic mass is 35.5. The van der Waals surface area contributed by atoms with Crippen molar-refractivity contribution in [3.8, 4) is 0 Å². The molecule has 1 aromatic carbocycles. The molecule has 0 spiro atoms. The van der Waals surface area contributed by atoms with Gasteiger partial charge in [0.05, 0.1) is 24.8 Å². The molecule has 2 aromatic rings. The van der Waals surface area contributed by atoms with Crippen LogP contribution in [0.1, 0.15) is 25.7 Å². The van der Waals surface area contributed by atoms with Crippen LogP contribution >= 0.6 is 11.6 Å². The quantitative estimate of drug-likeness (QED) is 0.590. The summed E-state index contributed by atoms with van der Waals surface area (Å²) in [7, 11) is 0. The number of nitrogens with zero attached hydrogens (tertiary/aromatic N) is 4. The fraction of sp³-hybridized carbons (Fsp3) is 0.682. The molecule has 2 aliphatic heterocycles. The van der Waals surface area contributed by atoms with Crippen molar-refractivity contribution in [2.75, 3.05) is 64.3 Å². The fourth-order valence-electron chi connectivity index (χ4n) is 4.37. The molecule has 0 bridgehead atoms. The molecule has 0 unspecified atom stereocenters. The zero-order valence-electron chi connectivity index (χ0n) is 17.7. The first-order valence-electron chi connectivity index (χ1n) is 11.3. The average molecular weight is 436 g/mol. The van der Waals surface area contributed by atoms with Crippen LogP contribution in [0.15, 0.2) is 18.2 Å². The van der Waals surface area contributed by atoms with Gasteiger partial charge in [0.25, 0.3) is 0 Å². The first-order chi connectivity index (χ1) is 14.7. The van der Waals surface area contributed by atoms with Crippen LogP contribution in [0.4, 0.5) is 5.82 Å². The van der Waals surface area contributed by atoms with Crippen molar-refractivity contribution in [3.63, 3.8) is 0 Å². The number of piperidine rings is 1. The summed E-state index contributed by atoms with van der Waals surface area (Å²) >= 11 is 6.27. The lowest BCUT2D eigenvalue weighted by Gasteiger charge is -2.29. The largest absolute Gasteiger partial charge is 0.393 e. The molecule has 4 rings (SSSR count). The van der Waals surface area contributed by atoms with Crippen molar-refractivity contribution in [1.82, 2.24) is 19.6 Å². The summed E-state index contributed by atoms with van der Waals surface area (Å²) in [5.41, 5.74) is 1.13. The molecule has 0 amide bonds. The minimum absolute atomic E-state index is 0.109. The summed E-state index contributed by atoms with van der Waals surface area (Å²) in [5.74, 6) is 0.924. The minimum Gasteiger partial charge on any atom is -0.393 e. The molecule has 166 valence electrons. The molecule has 7 nitrogen and oxygen atoms in total. The van der Waals surface area contributed by atoms with Crippen LogP contribution in [0.25, 0.3) is 10.9 Å². The van der Waals surface area contributed by atoms with Crippen LogP contribution < -0.4 is 5.32 Å². The predicted octanol–water partition coefficient (Wildman–Crippen LogP) is 2.67. The van der Waals surface area contributed by atoms with Crippen LogP contribution in [0, 0.1) is 0 Å². The second-order valence-corrected chi connectivity index (χ2v) is 8.83. The van der Waals surface area contributed by atoms with E-state index >= 15 is 0 Å². The Bertz CT molecular complexity index is 800. The lowest BCUT2D eigenvalue weighted by molar-refractivity contribution is 0.0368. The van der Waals surface area contributed by atoms with Gasteiger partial charge in [0.15, 0.2) is 5.82 Å². The summed E-state index contributed by atoms with van der Waals surface area (Å²) in [6.45, 7) is 9.64. The van der Waals surface area contributed by atoms with E-state index in [0.717, 1.165) is 113 Å². The normalized spacial score (nSPS) is 19.5. The number of anilines is 1. The smallest absolute Gasteiger partial charge is 0.156 e. The molecule has 0 radical (unpaired) electrons. The predicted molar refractivity (Wildman–Crippen MR) is 121 cm³/mol. The Kier molecular flexibility index (Phi) is 7.84. The van der Waals surface area contributed by atoms with Gasteiger partial charge in [-0.1, -0.05) is 11.6 Å². The van der Waals surface area contributed by atoms with Crippen LogP contribution in [0.5, 0.6) is 0 Å². The number of hydrogen-bond acceptors (Lipinski definition) is 6. The van der Waals surface area contributed by atoms with Crippen molar-refractivity contribution in [2.45, 2.75) is 38.3 Å². The monoisotopic (exact) mass is 435 g/mol. The SMILES string of the molecule is OC1CCN(CCCNc2nn(CCCN3CCOCC3)c3ccc(Cl)cc23)CC1. The molecule has 0 atom stereocenters. The van der Waals surface area contributed by atoms with E-state index in [1.54, 1.807) is 0 Å². The second-order valence-electron chi connectivity index (χ2n) is 8.39. The number of likely N-dealkylation sites (tertiary alicyclic amines) is 1. The number of ether oxygens (including phenoxy) is 1. The Hall–Kier alpha value is -1.38. The molecule has 2 fully saturated rings. The maximum atomic E-state index is 9.64. The number of morpholine rings is 1. The Morgan fingerprint density at radius 3 is 2.57 bits per heavy atom. The van der Waals surface area contributed by atoms with Gasteiger partial charge in [0, 0.05) is 56.2 Å². The van der Waals surface area contributed by atoms with Gasteiger partial charge >= 0.3 is 0 Å². The van der Waals surface area contributed by atoms with Gasteiger partial charge in [-0.3, -0.25) is 9.58 Å². The van der Waals surface area contributed by atoms with E-state index in [4.69, 9.17) is 21.4 Å². The second kappa shape index (κ2) is 10.8. The van der Waals surface area contributed by atoms with Gasteiger partial charge in [-0.25, -0.2) is 0 Å². The van der Waals surface area contributed by atoms with Crippen molar-refractivity contribution < 1.29 is 9.84 Å². The topological polar surface area (TPSA) is 65.8 Å². The number of nitrogens with one attached hydrogen (secondary N) is 1. The van der Waals surface area contributed by atoms with E-state index in [9.17, 15) is 5.11 Å². The third-order valence-electron chi connectivity index (χ3n) is 6.16. The molecule has 8 heteroatoms. The molecular formula is C22H34ClN5O2. The number of aliphatic hydroxyl groups excluding tert-OH is 1. The third kappa shape index (κ3) is 5.86. The number of fused-ring (bicyclic) bond motifs is 1. The van der Waals surface area contributed by atoms with Crippen molar-refractivity contribution in [2.24, 2.45) is 0 Å². The average Bonchev–Trinajstić information content (AvgIpc) is 3.10. The molecular weight excluding hydrogens is 402 g/mol. The molecule has 30 heavy (non-hydrogen) atoms. The standard InChI is InChI=1S/C22H34ClN5O2/c23-18-3-4-21-20(17-18)22(24-7-1-8-26-11-5-19(29)6-12-26)25-28(21)10-2-9-27-13-15-30-16-14-27/h3-4,17,19,29H,1-2,5-16H2,(H,24,25). The number of benzene rings is 1. The van der Waals surface area contributed by atoms with Crippen LogP contribution in [0.2, 0.25) is 5.02 Å². The highest BCUT2D eigenvalue weighted by molar-refractivity contribution is 6.31. The van der Waals surface area contributed by atoms with E-state index < -0.39 is 0 Å². The summed E-state index contributed by atoms with van der Waals surface area (Å²) in [5, 5.41) is 19.9. The summed E-state index contributed by atoms with van der Waals surface area (Å²) < 4.78 is 7.54. The van der Waals surface area contributed by atoms with E-state index in [-0.39, 0.29) is 6.10 Å². The van der Waals surface area contributed by atoms with Gasteiger partial charge in [-0.15, -0.1) is 0 Å². The number of halogens is 1. The zero-order chi connectivity index (χ0) is 20.8. The number of aromatic nitrogens is 2. The highest BCUT2D eigenvalue weighted by Crippen LogP contribution is 2.26. The molecule has 1 aromatic heterocycles. The molecule has 2 aliphatic rings. The summed E-state index contributed by atoms with van der Waals surface area (Å²) in [4.78, 5) is 4.90. The Morgan fingerprint density at radius 1 is 1.03 bits per heavy atom. The van der Waals surface area contributed by atoms with E-state index in [1.165, 1.54) is 0 Å². The summed E-state index contributed by atoms with van der Waals surface area (Å²) in [6.07, 6.45) is 3.81. The van der Waals surface area contributed by atoms with Crippen molar-refractivity contribution >= 4 is 28.3 Å². The minimum atomic E-state index is -0.109. The molecule has 2 N–H and O–H groups in total. The molecule has 0 aliphatic carbocycles. The number of aliphatic hydroxyl groups is 1. The van der Waals surface area contributed by atoms with Crippen molar-refractivity contribution in [1.29, 1.82) is 0 Å². The van der Waals surface area contributed by atoms with Gasteiger partial charge in [0.1, 0.15) is 0 Å². The van der Waals surface area contributed by atoms with E-state index in [2.05, 4.69) is 25.9 Å². The molecule has 0 saturated carbocycles. The Morgan fingerprint density at radius 2 is 1.77 bits per heavy atom. The van der Waals surface area contributed by atoms with Crippen LogP contribution in [0.3, 0.4) is 0 Å². The van der Waals surface area contributed by atoms with Crippen LogP contribution in [-0.4, -0.2) is 89.8 Å². The number of aryl methyl sites for hydroxylation is 1. The van der Waals surface area contributed by atoms with E-state index in [1.807, 2.05) is 12.1 Å². The third-order valence-corrected chi connectivity index (χ3v) is 6.40. The maximum absolute atomic E-state index is 9.64. The van der Waals surface area contributed by atoms with Gasteiger partial charge in [-0.2, -0.15) is 5.10 Å². The number of rotatable bonds is 9. The number of hydrogen-bond donors (Lipinski definition) is 2. The molecule has 3 heterocycles. The highest BCUT2D eigenvalue weighted by Gasteiger charge is 2.17. The fourth-order valence-corrected chi connectivity index (χ4v) is 4.55. The van der Waals surface area contributed by atoms with Crippen LogP contribution in [-0.2, 0) is 11.3 Å². The summed E-state index contributed by atoms with van der Waals surface area (Å²) in [6, 6.07) is 6.03. The lowest BCUT2D eigenvalue weighted by Crippen LogP contribution is -2.37. The van der Waals surface area contributed by atoms with Crippen molar-refractivity contribution in [3.05, 3.63) is 23.2 Å². The molecule has 2 saturated heterocycles. The Labute approximate surface area is 183 Å².